The Kier molecular flexibility index (Phi) is 3.74. The van der Waals surface area contributed by atoms with Crippen molar-refractivity contribution in [3.63, 3.8) is 0 Å². The fraction of sp³-hybridized carbons (Fsp3) is 0.385. The van der Waals surface area contributed by atoms with E-state index in [1.807, 2.05) is 34.9 Å². The Morgan fingerprint density at radius 2 is 2.06 bits per heavy atom. The molecule has 3 nitrogen and oxygen atoms in total. The van der Waals surface area contributed by atoms with Gasteiger partial charge in [0.1, 0.15) is 5.82 Å². The van der Waals surface area contributed by atoms with Gasteiger partial charge < -0.3 is 0 Å². The Morgan fingerprint density at radius 1 is 1.35 bits per heavy atom. The summed E-state index contributed by atoms with van der Waals surface area (Å²) in [5.41, 5.74) is 1.07. The zero-order valence-electron chi connectivity index (χ0n) is 10.2. The number of hydrogen-bond acceptors (Lipinski definition) is 2. The molecule has 1 heterocycles. The second kappa shape index (κ2) is 5.27. The zero-order valence-corrected chi connectivity index (χ0v) is 11.0. The molecule has 0 fully saturated rings. The Balaban J connectivity index is 2.40. The minimum atomic E-state index is 0.614. The molecule has 17 heavy (non-hydrogen) atoms. The fourth-order valence-corrected chi connectivity index (χ4v) is 2.02. The van der Waals surface area contributed by atoms with Crippen molar-refractivity contribution >= 4 is 12.2 Å². The molecule has 1 aromatic carbocycles. The largest absolute Gasteiger partial charge is 0.272 e. The molecule has 4 heteroatoms. The molecule has 1 unspecified atom stereocenters. The monoisotopic (exact) mass is 247 g/mol. The van der Waals surface area contributed by atoms with Gasteiger partial charge in [-0.25, -0.2) is 0 Å². The maximum absolute atomic E-state index is 5.29. The standard InChI is InChI=1S/C13H17N3S/c1-3-10(2)9-12-14-15-13(17)16(12)11-7-5-4-6-8-11/h4-8,10H,3,9H2,1-2H3,(H,15,17). The molecule has 1 atom stereocenters. The SMILES string of the molecule is CCC(C)Cc1n[nH]c(=S)n1-c1ccccc1. The van der Waals surface area contributed by atoms with E-state index in [1.165, 1.54) is 0 Å². The van der Waals surface area contributed by atoms with Crippen LogP contribution in [0.3, 0.4) is 0 Å². The summed E-state index contributed by atoms with van der Waals surface area (Å²) in [6.45, 7) is 4.42. The van der Waals surface area contributed by atoms with Crippen molar-refractivity contribution < 1.29 is 0 Å². The van der Waals surface area contributed by atoms with Crippen LogP contribution in [0.1, 0.15) is 26.1 Å². The highest BCUT2D eigenvalue weighted by atomic mass is 32.1. The van der Waals surface area contributed by atoms with E-state index >= 15 is 0 Å². The predicted molar refractivity (Wildman–Crippen MR) is 71.9 cm³/mol. The van der Waals surface area contributed by atoms with E-state index in [2.05, 4.69) is 24.0 Å². The molecule has 0 spiro atoms. The van der Waals surface area contributed by atoms with Crippen LogP contribution in [0, 0.1) is 10.7 Å². The summed E-state index contributed by atoms with van der Waals surface area (Å²) in [5, 5.41) is 7.21. The lowest BCUT2D eigenvalue weighted by Gasteiger charge is -2.10. The Morgan fingerprint density at radius 3 is 2.71 bits per heavy atom. The average molecular weight is 247 g/mol. The Labute approximate surface area is 106 Å². The van der Waals surface area contributed by atoms with Crippen LogP contribution in [-0.4, -0.2) is 14.8 Å². The van der Waals surface area contributed by atoms with Crippen molar-refractivity contribution in [1.29, 1.82) is 0 Å². The van der Waals surface area contributed by atoms with Crippen molar-refractivity contribution in [1.82, 2.24) is 14.8 Å². The summed E-state index contributed by atoms with van der Waals surface area (Å²) >= 11 is 5.29. The van der Waals surface area contributed by atoms with Crippen LogP contribution in [0.2, 0.25) is 0 Å². The van der Waals surface area contributed by atoms with Gasteiger partial charge in [0, 0.05) is 12.1 Å². The first-order valence-corrected chi connectivity index (χ1v) is 6.35. The van der Waals surface area contributed by atoms with Crippen LogP contribution >= 0.6 is 12.2 Å². The van der Waals surface area contributed by atoms with Crippen LogP contribution in [0.25, 0.3) is 5.69 Å². The van der Waals surface area contributed by atoms with Gasteiger partial charge in [-0.2, -0.15) is 5.10 Å². The topological polar surface area (TPSA) is 33.6 Å². The molecule has 1 N–H and O–H groups in total. The fourth-order valence-electron chi connectivity index (χ4n) is 1.77. The minimum absolute atomic E-state index is 0.614. The van der Waals surface area contributed by atoms with E-state index in [9.17, 15) is 0 Å². The number of rotatable bonds is 4. The molecule has 0 amide bonds. The highest BCUT2D eigenvalue weighted by Crippen LogP contribution is 2.15. The Hall–Kier alpha value is -1.42. The zero-order chi connectivity index (χ0) is 12.3. The van der Waals surface area contributed by atoms with E-state index in [0.29, 0.717) is 10.7 Å². The number of para-hydroxylation sites is 1. The molecule has 0 saturated heterocycles. The predicted octanol–water partition coefficient (Wildman–Crippen LogP) is 3.52. The normalized spacial score (nSPS) is 12.6. The molecule has 0 bridgehead atoms. The summed E-state index contributed by atoms with van der Waals surface area (Å²) in [7, 11) is 0. The summed E-state index contributed by atoms with van der Waals surface area (Å²) in [6, 6.07) is 10.1. The Bertz CT molecular complexity index is 527. The third-order valence-electron chi connectivity index (χ3n) is 2.98. The first kappa shape index (κ1) is 12.0. The second-order valence-electron chi connectivity index (χ2n) is 4.33. The third kappa shape index (κ3) is 2.64. The van der Waals surface area contributed by atoms with Crippen molar-refractivity contribution in [2.24, 2.45) is 5.92 Å². The minimum Gasteiger partial charge on any atom is -0.272 e. The number of benzene rings is 1. The van der Waals surface area contributed by atoms with E-state index in [-0.39, 0.29) is 0 Å². The second-order valence-corrected chi connectivity index (χ2v) is 4.72. The van der Waals surface area contributed by atoms with E-state index in [1.54, 1.807) is 0 Å². The van der Waals surface area contributed by atoms with Crippen molar-refractivity contribution in [3.8, 4) is 5.69 Å². The number of nitrogens with one attached hydrogen (secondary N) is 1. The lowest BCUT2D eigenvalue weighted by Crippen LogP contribution is -2.06. The molecule has 2 aromatic rings. The molecule has 0 radical (unpaired) electrons. The van der Waals surface area contributed by atoms with Crippen molar-refractivity contribution in [3.05, 3.63) is 40.9 Å². The maximum Gasteiger partial charge on any atom is 0.199 e. The summed E-state index contributed by atoms with van der Waals surface area (Å²) in [4.78, 5) is 0. The average Bonchev–Trinajstić information content (AvgIpc) is 2.71. The summed E-state index contributed by atoms with van der Waals surface area (Å²) in [5.74, 6) is 1.62. The maximum atomic E-state index is 5.29. The molecular formula is C13H17N3S. The van der Waals surface area contributed by atoms with Crippen LogP contribution < -0.4 is 0 Å². The van der Waals surface area contributed by atoms with Crippen LogP contribution in [-0.2, 0) is 6.42 Å². The van der Waals surface area contributed by atoms with Crippen LogP contribution in [0.5, 0.6) is 0 Å². The molecule has 0 aliphatic carbocycles. The van der Waals surface area contributed by atoms with Gasteiger partial charge in [-0.05, 0) is 30.3 Å². The van der Waals surface area contributed by atoms with Crippen LogP contribution in [0.4, 0.5) is 0 Å². The van der Waals surface area contributed by atoms with E-state index in [0.717, 1.165) is 24.4 Å². The van der Waals surface area contributed by atoms with Gasteiger partial charge in [0.2, 0.25) is 0 Å². The quantitative estimate of drug-likeness (QED) is 0.839. The van der Waals surface area contributed by atoms with Gasteiger partial charge in [-0.1, -0.05) is 38.5 Å². The van der Waals surface area contributed by atoms with Crippen LogP contribution in [0.15, 0.2) is 30.3 Å². The van der Waals surface area contributed by atoms with E-state index in [4.69, 9.17) is 12.2 Å². The summed E-state index contributed by atoms with van der Waals surface area (Å²) in [6.07, 6.45) is 2.09. The molecule has 0 aliphatic heterocycles. The highest BCUT2D eigenvalue weighted by Gasteiger charge is 2.10. The first-order chi connectivity index (χ1) is 8.22. The van der Waals surface area contributed by atoms with Crippen molar-refractivity contribution in [2.45, 2.75) is 26.7 Å². The smallest absolute Gasteiger partial charge is 0.199 e. The van der Waals surface area contributed by atoms with Gasteiger partial charge in [0.15, 0.2) is 4.77 Å². The highest BCUT2D eigenvalue weighted by molar-refractivity contribution is 7.71. The van der Waals surface area contributed by atoms with Gasteiger partial charge in [-0.3, -0.25) is 9.67 Å². The first-order valence-electron chi connectivity index (χ1n) is 5.94. The van der Waals surface area contributed by atoms with Gasteiger partial charge in [0.25, 0.3) is 0 Å². The van der Waals surface area contributed by atoms with E-state index < -0.39 is 0 Å². The molecule has 0 saturated carbocycles. The van der Waals surface area contributed by atoms with Crippen molar-refractivity contribution in [2.75, 3.05) is 0 Å². The lowest BCUT2D eigenvalue weighted by atomic mass is 10.1. The van der Waals surface area contributed by atoms with Gasteiger partial charge in [-0.15, -0.1) is 0 Å². The third-order valence-corrected chi connectivity index (χ3v) is 3.26. The van der Waals surface area contributed by atoms with Gasteiger partial charge >= 0.3 is 0 Å². The molecular weight excluding hydrogens is 230 g/mol. The number of aromatic nitrogens is 3. The van der Waals surface area contributed by atoms with Gasteiger partial charge in [0.05, 0.1) is 0 Å². The number of H-pyrrole nitrogens is 1. The number of hydrogen-bond donors (Lipinski definition) is 1. The molecule has 2 rings (SSSR count). The number of nitrogens with zero attached hydrogens (tertiary/aromatic N) is 2. The molecule has 90 valence electrons. The number of aromatic amines is 1. The lowest BCUT2D eigenvalue weighted by molar-refractivity contribution is 0.538. The summed E-state index contributed by atoms with van der Waals surface area (Å²) < 4.78 is 2.68. The molecule has 0 aliphatic rings. The molecule has 1 aromatic heterocycles.